The minimum atomic E-state index is -0.654. The van der Waals surface area contributed by atoms with Crippen LogP contribution in [0.4, 0.5) is 11.6 Å². The molecular weight excluding hydrogens is 394 g/mol. The van der Waals surface area contributed by atoms with E-state index in [1.54, 1.807) is 13.1 Å². The zero-order valence-corrected chi connectivity index (χ0v) is 17.2. The first kappa shape index (κ1) is 19.7. The standard InChI is InChI=1S/C23H25N5O3/c1-13(29)22-26-18-10-5-15(11-19(18)27-22)25-23-24-12-14-3-2-4-20(21(14)28-23)31-17-8-6-16(30)7-9-17/h2-5,10-13,16-17,29-30H,6-9H2,1H3,(H,26,27)(H,24,25,28)/t13-,16-,17+/m0/s1. The van der Waals surface area contributed by atoms with Crippen molar-refractivity contribution in [3.8, 4) is 5.75 Å². The van der Waals surface area contributed by atoms with E-state index in [1.165, 1.54) is 0 Å². The normalized spacial score (nSPS) is 20.1. The van der Waals surface area contributed by atoms with E-state index >= 15 is 0 Å². The van der Waals surface area contributed by atoms with Crippen molar-refractivity contribution in [2.45, 2.75) is 50.9 Å². The molecule has 160 valence electrons. The fourth-order valence-corrected chi connectivity index (χ4v) is 3.96. The number of fused-ring (bicyclic) bond motifs is 2. The van der Waals surface area contributed by atoms with Gasteiger partial charge in [0.2, 0.25) is 5.95 Å². The Hall–Kier alpha value is -3.23. The lowest BCUT2D eigenvalue weighted by Gasteiger charge is -2.26. The molecule has 2 aromatic heterocycles. The maximum absolute atomic E-state index is 9.73. The number of rotatable bonds is 5. The Morgan fingerprint density at radius 2 is 1.97 bits per heavy atom. The summed E-state index contributed by atoms with van der Waals surface area (Å²) in [7, 11) is 0. The van der Waals surface area contributed by atoms with Gasteiger partial charge >= 0.3 is 0 Å². The number of aliphatic hydroxyl groups excluding tert-OH is 2. The summed E-state index contributed by atoms with van der Waals surface area (Å²) < 4.78 is 6.24. The van der Waals surface area contributed by atoms with Crippen LogP contribution in [0.3, 0.4) is 0 Å². The van der Waals surface area contributed by atoms with E-state index in [9.17, 15) is 10.2 Å². The molecule has 1 saturated carbocycles. The first-order valence-electron chi connectivity index (χ1n) is 10.6. The average molecular weight is 419 g/mol. The van der Waals surface area contributed by atoms with Crippen LogP contribution < -0.4 is 10.1 Å². The van der Waals surface area contributed by atoms with Crippen LogP contribution in [0.15, 0.2) is 42.6 Å². The predicted octanol–water partition coefficient (Wildman–Crippen LogP) is 3.99. The van der Waals surface area contributed by atoms with Crippen molar-refractivity contribution in [2.24, 2.45) is 0 Å². The molecule has 1 aliphatic carbocycles. The predicted molar refractivity (Wildman–Crippen MR) is 118 cm³/mol. The number of para-hydroxylation sites is 1. The highest BCUT2D eigenvalue weighted by atomic mass is 16.5. The third-order valence-corrected chi connectivity index (χ3v) is 5.66. The van der Waals surface area contributed by atoms with Crippen LogP contribution in [-0.4, -0.2) is 42.4 Å². The van der Waals surface area contributed by atoms with Gasteiger partial charge in [0.25, 0.3) is 0 Å². The molecule has 0 bridgehead atoms. The molecule has 1 atom stereocenters. The Labute approximate surface area is 179 Å². The molecule has 5 rings (SSSR count). The minimum Gasteiger partial charge on any atom is -0.488 e. The first-order chi connectivity index (χ1) is 15.0. The molecular formula is C23H25N5O3. The summed E-state index contributed by atoms with van der Waals surface area (Å²) in [6.07, 6.45) is 4.22. The van der Waals surface area contributed by atoms with Gasteiger partial charge in [-0.15, -0.1) is 0 Å². The van der Waals surface area contributed by atoms with Crippen molar-refractivity contribution >= 4 is 33.6 Å². The molecule has 0 aliphatic heterocycles. The monoisotopic (exact) mass is 419 g/mol. The van der Waals surface area contributed by atoms with Gasteiger partial charge in [-0.3, -0.25) is 0 Å². The molecule has 0 saturated heterocycles. The van der Waals surface area contributed by atoms with Gasteiger partial charge < -0.3 is 25.3 Å². The van der Waals surface area contributed by atoms with Gasteiger partial charge in [0.1, 0.15) is 23.2 Å². The number of aliphatic hydroxyl groups is 2. The Morgan fingerprint density at radius 3 is 2.77 bits per heavy atom. The molecule has 0 amide bonds. The number of H-pyrrole nitrogens is 1. The van der Waals surface area contributed by atoms with Gasteiger partial charge in [-0.25, -0.2) is 15.0 Å². The fourth-order valence-electron chi connectivity index (χ4n) is 3.96. The van der Waals surface area contributed by atoms with Crippen LogP contribution in [0.2, 0.25) is 0 Å². The number of aromatic nitrogens is 4. The highest BCUT2D eigenvalue weighted by Gasteiger charge is 2.21. The number of aromatic amines is 1. The van der Waals surface area contributed by atoms with E-state index in [0.717, 1.165) is 59.1 Å². The van der Waals surface area contributed by atoms with Crippen molar-refractivity contribution in [2.75, 3.05) is 5.32 Å². The lowest BCUT2D eigenvalue weighted by Crippen LogP contribution is -2.26. The van der Waals surface area contributed by atoms with Crippen molar-refractivity contribution < 1.29 is 14.9 Å². The topological polar surface area (TPSA) is 116 Å². The summed E-state index contributed by atoms with van der Waals surface area (Å²) in [4.78, 5) is 16.6. The number of benzene rings is 2. The van der Waals surface area contributed by atoms with Gasteiger partial charge in [-0.1, -0.05) is 12.1 Å². The molecule has 4 aromatic rings. The Balaban J connectivity index is 1.40. The van der Waals surface area contributed by atoms with Gasteiger partial charge in [0, 0.05) is 17.3 Å². The van der Waals surface area contributed by atoms with E-state index < -0.39 is 6.10 Å². The quantitative estimate of drug-likeness (QED) is 0.386. The summed E-state index contributed by atoms with van der Waals surface area (Å²) in [5.41, 5.74) is 3.18. The number of imidazole rings is 1. The van der Waals surface area contributed by atoms with Crippen LogP contribution in [0.1, 0.15) is 44.5 Å². The third kappa shape index (κ3) is 4.17. The molecule has 8 nitrogen and oxygen atoms in total. The maximum Gasteiger partial charge on any atom is 0.227 e. The van der Waals surface area contributed by atoms with E-state index in [0.29, 0.717) is 11.8 Å². The van der Waals surface area contributed by atoms with Crippen molar-refractivity contribution in [3.05, 3.63) is 48.4 Å². The second kappa shape index (κ2) is 8.13. The largest absolute Gasteiger partial charge is 0.488 e. The average Bonchev–Trinajstić information content (AvgIpc) is 3.20. The van der Waals surface area contributed by atoms with Gasteiger partial charge in [-0.2, -0.15) is 0 Å². The van der Waals surface area contributed by atoms with Crippen molar-refractivity contribution in [1.82, 2.24) is 19.9 Å². The van der Waals surface area contributed by atoms with Crippen LogP contribution in [0, 0.1) is 0 Å². The van der Waals surface area contributed by atoms with Gasteiger partial charge in [0.15, 0.2) is 0 Å². The summed E-state index contributed by atoms with van der Waals surface area (Å²) in [5, 5.41) is 23.6. The summed E-state index contributed by atoms with van der Waals surface area (Å²) in [6, 6.07) is 11.5. The molecule has 31 heavy (non-hydrogen) atoms. The molecule has 4 N–H and O–H groups in total. The molecule has 2 aromatic carbocycles. The number of anilines is 2. The highest BCUT2D eigenvalue weighted by molar-refractivity contribution is 5.85. The Bertz CT molecular complexity index is 1210. The third-order valence-electron chi connectivity index (χ3n) is 5.66. The first-order valence-corrected chi connectivity index (χ1v) is 10.6. The maximum atomic E-state index is 9.73. The summed E-state index contributed by atoms with van der Waals surface area (Å²) >= 11 is 0. The fraction of sp³-hybridized carbons (Fsp3) is 0.348. The zero-order chi connectivity index (χ0) is 21.4. The molecule has 1 fully saturated rings. The number of nitrogens with zero attached hydrogens (tertiary/aromatic N) is 3. The number of hydrogen-bond acceptors (Lipinski definition) is 7. The molecule has 1 aliphatic rings. The van der Waals surface area contributed by atoms with Crippen LogP contribution in [-0.2, 0) is 0 Å². The van der Waals surface area contributed by atoms with Crippen molar-refractivity contribution in [3.63, 3.8) is 0 Å². The summed E-state index contributed by atoms with van der Waals surface area (Å²) in [6.45, 7) is 1.68. The number of hydrogen-bond donors (Lipinski definition) is 4. The van der Waals surface area contributed by atoms with E-state index in [-0.39, 0.29) is 12.2 Å². The molecule has 8 heteroatoms. The number of ether oxygens (including phenoxy) is 1. The highest BCUT2D eigenvalue weighted by Crippen LogP contribution is 2.30. The van der Waals surface area contributed by atoms with Crippen LogP contribution in [0.5, 0.6) is 5.75 Å². The Kier molecular flexibility index (Phi) is 5.17. The van der Waals surface area contributed by atoms with Gasteiger partial charge in [0.05, 0.1) is 23.2 Å². The number of nitrogens with one attached hydrogen (secondary N) is 2. The zero-order valence-electron chi connectivity index (χ0n) is 17.2. The van der Waals surface area contributed by atoms with E-state index in [2.05, 4.69) is 20.3 Å². The summed E-state index contributed by atoms with van der Waals surface area (Å²) in [5.74, 6) is 1.73. The van der Waals surface area contributed by atoms with Crippen LogP contribution >= 0.6 is 0 Å². The van der Waals surface area contributed by atoms with Gasteiger partial charge in [-0.05, 0) is 56.9 Å². The van der Waals surface area contributed by atoms with E-state index in [1.807, 2.05) is 36.4 Å². The molecule has 0 spiro atoms. The van der Waals surface area contributed by atoms with Crippen molar-refractivity contribution in [1.29, 1.82) is 0 Å². The SMILES string of the molecule is C[C@H](O)c1nc2ccc(Nc3ncc4cccc(O[C@H]5CC[C@@H](O)CC5)c4n3)cc2[nH]1. The lowest BCUT2D eigenvalue weighted by atomic mass is 9.95. The molecule has 0 radical (unpaired) electrons. The van der Waals surface area contributed by atoms with Crippen LogP contribution in [0.25, 0.3) is 21.9 Å². The molecule has 2 heterocycles. The molecule has 0 unspecified atom stereocenters. The Morgan fingerprint density at radius 1 is 1.13 bits per heavy atom. The second-order valence-electron chi connectivity index (χ2n) is 8.09. The van der Waals surface area contributed by atoms with E-state index in [4.69, 9.17) is 9.72 Å². The smallest absolute Gasteiger partial charge is 0.227 e. The second-order valence-corrected chi connectivity index (χ2v) is 8.09. The lowest BCUT2D eigenvalue weighted by molar-refractivity contribution is 0.0672. The minimum absolute atomic E-state index is 0.0891.